The van der Waals surface area contributed by atoms with Gasteiger partial charge in [0, 0.05) is 10.0 Å². The highest BCUT2D eigenvalue weighted by Crippen LogP contribution is 2.23. The molecular formula is C9H8BrClOS. The van der Waals surface area contributed by atoms with E-state index in [9.17, 15) is 4.79 Å². The third kappa shape index (κ3) is 3.01. The normalized spacial score (nSPS) is 10.1. The summed E-state index contributed by atoms with van der Waals surface area (Å²) in [6, 6.07) is 5.21. The second-order valence-corrected chi connectivity index (χ2v) is 4.61. The van der Waals surface area contributed by atoms with Gasteiger partial charge in [-0.15, -0.1) is 0 Å². The lowest BCUT2D eigenvalue weighted by molar-refractivity contribution is 0.102. The van der Waals surface area contributed by atoms with Crippen molar-refractivity contribution in [2.75, 3.05) is 12.0 Å². The molecule has 0 unspecified atom stereocenters. The first-order valence-electron chi connectivity index (χ1n) is 3.62. The Balaban J connectivity index is 2.90. The molecule has 0 spiro atoms. The summed E-state index contributed by atoms with van der Waals surface area (Å²) in [5.74, 6) is 0.638. The number of carbonyl (C=O) groups excluding carboxylic acids is 1. The van der Waals surface area contributed by atoms with Crippen molar-refractivity contribution in [3.8, 4) is 0 Å². The maximum atomic E-state index is 11.4. The fourth-order valence-corrected chi connectivity index (χ4v) is 1.81. The molecule has 0 aromatic heterocycles. The van der Waals surface area contributed by atoms with Crippen LogP contribution in [0.1, 0.15) is 10.4 Å². The van der Waals surface area contributed by atoms with Crippen molar-refractivity contribution in [1.29, 1.82) is 0 Å². The van der Waals surface area contributed by atoms with Crippen LogP contribution in [-0.4, -0.2) is 17.8 Å². The SMILES string of the molecule is CSCC(=O)c1ccc(Cl)c(Br)c1. The molecule has 0 saturated carbocycles. The first-order chi connectivity index (χ1) is 6.15. The Kier molecular flexibility index (Phi) is 4.29. The van der Waals surface area contributed by atoms with Gasteiger partial charge in [0.15, 0.2) is 5.78 Å². The minimum Gasteiger partial charge on any atom is -0.293 e. The molecule has 0 aliphatic carbocycles. The molecule has 1 rings (SSSR count). The number of Topliss-reactive ketones (excluding diaryl/α,β-unsaturated/α-hetero) is 1. The molecule has 13 heavy (non-hydrogen) atoms. The van der Waals surface area contributed by atoms with Gasteiger partial charge >= 0.3 is 0 Å². The van der Waals surface area contributed by atoms with Crippen LogP contribution < -0.4 is 0 Å². The van der Waals surface area contributed by atoms with Crippen LogP contribution in [0.15, 0.2) is 22.7 Å². The molecule has 0 atom stereocenters. The average Bonchev–Trinajstić information content (AvgIpc) is 2.10. The maximum Gasteiger partial charge on any atom is 0.172 e. The number of benzene rings is 1. The first-order valence-corrected chi connectivity index (χ1v) is 6.19. The molecule has 0 aliphatic rings. The Hall–Kier alpha value is 0.01000. The summed E-state index contributed by atoms with van der Waals surface area (Å²) in [6.45, 7) is 0. The van der Waals surface area contributed by atoms with Gasteiger partial charge in [-0.3, -0.25) is 4.79 Å². The van der Waals surface area contributed by atoms with Crippen LogP contribution >= 0.6 is 39.3 Å². The van der Waals surface area contributed by atoms with Crippen molar-refractivity contribution in [1.82, 2.24) is 0 Å². The highest BCUT2D eigenvalue weighted by Gasteiger charge is 2.06. The Bertz CT molecular complexity index is 327. The minimum absolute atomic E-state index is 0.130. The van der Waals surface area contributed by atoms with Crippen LogP contribution in [-0.2, 0) is 0 Å². The van der Waals surface area contributed by atoms with Crippen LogP contribution in [0.25, 0.3) is 0 Å². The van der Waals surface area contributed by atoms with Crippen LogP contribution in [0.3, 0.4) is 0 Å². The zero-order chi connectivity index (χ0) is 9.84. The quantitative estimate of drug-likeness (QED) is 0.786. The second-order valence-electron chi connectivity index (χ2n) is 2.49. The lowest BCUT2D eigenvalue weighted by Crippen LogP contribution is -2.01. The van der Waals surface area contributed by atoms with Crippen molar-refractivity contribution < 1.29 is 4.79 Å². The molecule has 0 aliphatic heterocycles. The molecule has 0 saturated heterocycles. The predicted molar refractivity (Wildman–Crippen MR) is 61.9 cm³/mol. The van der Waals surface area contributed by atoms with Gasteiger partial charge in [-0.25, -0.2) is 0 Å². The molecule has 1 aromatic carbocycles. The fraction of sp³-hybridized carbons (Fsp3) is 0.222. The van der Waals surface area contributed by atoms with E-state index >= 15 is 0 Å². The van der Waals surface area contributed by atoms with Crippen molar-refractivity contribution in [2.24, 2.45) is 0 Å². The van der Waals surface area contributed by atoms with Gasteiger partial charge in [0.1, 0.15) is 0 Å². The van der Waals surface area contributed by atoms with E-state index in [2.05, 4.69) is 15.9 Å². The van der Waals surface area contributed by atoms with E-state index in [1.807, 2.05) is 6.26 Å². The Morgan fingerprint density at radius 1 is 1.62 bits per heavy atom. The number of thioether (sulfide) groups is 1. The van der Waals surface area contributed by atoms with E-state index in [0.29, 0.717) is 16.3 Å². The van der Waals surface area contributed by atoms with E-state index in [-0.39, 0.29) is 5.78 Å². The Morgan fingerprint density at radius 3 is 2.85 bits per heavy atom. The van der Waals surface area contributed by atoms with E-state index in [1.165, 1.54) is 11.8 Å². The molecule has 0 bridgehead atoms. The first kappa shape index (κ1) is 11.1. The summed E-state index contributed by atoms with van der Waals surface area (Å²) in [6.07, 6.45) is 1.91. The van der Waals surface area contributed by atoms with E-state index in [1.54, 1.807) is 18.2 Å². The monoisotopic (exact) mass is 278 g/mol. The van der Waals surface area contributed by atoms with Crippen molar-refractivity contribution in [3.63, 3.8) is 0 Å². The highest BCUT2D eigenvalue weighted by molar-refractivity contribution is 9.10. The summed E-state index contributed by atoms with van der Waals surface area (Å²) in [7, 11) is 0. The average molecular weight is 280 g/mol. The van der Waals surface area contributed by atoms with Crippen LogP contribution in [0.4, 0.5) is 0 Å². The van der Waals surface area contributed by atoms with E-state index in [0.717, 1.165) is 4.47 Å². The zero-order valence-electron chi connectivity index (χ0n) is 7.01. The third-order valence-corrected chi connectivity index (χ3v) is 3.28. The predicted octanol–water partition coefficient (Wildman–Crippen LogP) is 3.65. The molecule has 4 heteroatoms. The van der Waals surface area contributed by atoms with Crippen LogP contribution in [0.2, 0.25) is 5.02 Å². The molecule has 70 valence electrons. The van der Waals surface area contributed by atoms with Gasteiger partial charge < -0.3 is 0 Å². The van der Waals surface area contributed by atoms with Gasteiger partial charge in [0.2, 0.25) is 0 Å². The molecule has 0 fully saturated rings. The van der Waals surface area contributed by atoms with Gasteiger partial charge in [-0.05, 0) is 40.4 Å². The zero-order valence-corrected chi connectivity index (χ0v) is 10.2. The second kappa shape index (κ2) is 5.03. The summed E-state index contributed by atoms with van der Waals surface area (Å²) < 4.78 is 0.765. The Morgan fingerprint density at radius 2 is 2.31 bits per heavy atom. The highest BCUT2D eigenvalue weighted by atomic mass is 79.9. The van der Waals surface area contributed by atoms with Crippen LogP contribution in [0.5, 0.6) is 0 Å². The number of hydrogen-bond donors (Lipinski definition) is 0. The standard InChI is InChI=1S/C9H8BrClOS/c1-13-5-9(12)6-2-3-8(11)7(10)4-6/h2-4H,5H2,1H3. The minimum atomic E-state index is 0.130. The summed E-state index contributed by atoms with van der Waals surface area (Å²) >= 11 is 10.6. The molecule has 0 amide bonds. The van der Waals surface area contributed by atoms with Gasteiger partial charge in [0.25, 0.3) is 0 Å². The van der Waals surface area contributed by atoms with Crippen molar-refractivity contribution in [3.05, 3.63) is 33.3 Å². The summed E-state index contributed by atoms with van der Waals surface area (Å²) in [5.41, 5.74) is 0.700. The lowest BCUT2D eigenvalue weighted by atomic mass is 10.1. The number of halogens is 2. The number of rotatable bonds is 3. The van der Waals surface area contributed by atoms with Gasteiger partial charge in [0.05, 0.1) is 10.8 Å². The third-order valence-electron chi connectivity index (χ3n) is 1.52. The van der Waals surface area contributed by atoms with Crippen molar-refractivity contribution >= 4 is 45.1 Å². The summed E-state index contributed by atoms with van der Waals surface area (Å²) in [4.78, 5) is 11.4. The number of carbonyl (C=O) groups is 1. The van der Waals surface area contributed by atoms with E-state index in [4.69, 9.17) is 11.6 Å². The number of ketones is 1. The maximum absolute atomic E-state index is 11.4. The fourth-order valence-electron chi connectivity index (χ4n) is 0.884. The van der Waals surface area contributed by atoms with Crippen molar-refractivity contribution in [2.45, 2.75) is 0 Å². The smallest absolute Gasteiger partial charge is 0.172 e. The molecule has 0 N–H and O–H groups in total. The topological polar surface area (TPSA) is 17.1 Å². The lowest BCUT2D eigenvalue weighted by Gasteiger charge is -2.00. The van der Waals surface area contributed by atoms with Gasteiger partial charge in [-0.2, -0.15) is 11.8 Å². The largest absolute Gasteiger partial charge is 0.293 e. The molecule has 1 nitrogen and oxygen atoms in total. The molecular weight excluding hydrogens is 272 g/mol. The molecule has 1 aromatic rings. The number of hydrogen-bond acceptors (Lipinski definition) is 2. The van der Waals surface area contributed by atoms with Crippen LogP contribution in [0, 0.1) is 0 Å². The molecule has 0 radical (unpaired) electrons. The molecule has 0 heterocycles. The van der Waals surface area contributed by atoms with Gasteiger partial charge in [-0.1, -0.05) is 11.6 Å². The van der Waals surface area contributed by atoms with E-state index < -0.39 is 0 Å². The summed E-state index contributed by atoms with van der Waals surface area (Å²) in [5, 5.41) is 0.626. The Labute approximate surface area is 95.0 Å².